The van der Waals surface area contributed by atoms with Crippen molar-refractivity contribution in [1.82, 2.24) is 9.97 Å². The van der Waals surface area contributed by atoms with Crippen molar-refractivity contribution in [3.05, 3.63) is 18.0 Å². The Labute approximate surface area is 72.4 Å². The van der Waals surface area contributed by atoms with E-state index >= 15 is 0 Å². The molecule has 0 fully saturated rings. The van der Waals surface area contributed by atoms with Gasteiger partial charge in [-0.25, -0.2) is 9.97 Å². The lowest BCUT2D eigenvalue weighted by molar-refractivity contribution is 0.770. The molecule has 0 aromatic carbocycles. The Morgan fingerprint density at radius 1 is 1.50 bits per heavy atom. The molecule has 1 heterocycles. The zero-order chi connectivity index (χ0) is 9.14. The topological polar surface area (TPSA) is 55.0 Å². The van der Waals surface area contributed by atoms with E-state index in [9.17, 15) is 0 Å². The van der Waals surface area contributed by atoms with Gasteiger partial charge >= 0.3 is 0 Å². The summed E-state index contributed by atoms with van der Waals surface area (Å²) in [6.45, 7) is 1.90. The van der Waals surface area contributed by atoms with E-state index in [4.69, 9.17) is 5.73 Å². The minimum Gasteiger partial charge on any atom is -0.347 e. The molecule has 1 aromatic heterocycles. The van der Waals surface area contributed by atoms with Crippen molar-refractivity contribution >= 4 is 5.95 Å². The monoisotopic (exact) mass is 166 g/mol. The Morgan fingerprint density at radius 3 is 2.67 bits per heavy atom. The first-order chi connectivity index (χ1) is 5.61. The molecule has 1 rings (SSSR count). The maximum absolute atomic E-state index is 5.67. The highest BCUT2D eigenvalue weighted by Crippen LogP contribution is 2.08. The predicted molar refractivity (Wildman–Crippen MR) is 49.0 cm³/mol. The molecule has 1 atom stereocenters. The van der Waals surface area contributed by atoms with Gasteiger partial charge in [-0.05, 0) is 13.0 Å². The normalized spacial score (nSPS) is 12.7. The van der Waals surface area contributed by atoms with Gasteiger partial charge in [0.25, 0.3) is 0 Å². The fourth-order valence-corrected chi connectivity index (χ4v) is 0.831. The van der Waals surface area contributed by atoms with Crippen molar-refractivity contribution in [2.75, 3.05) is 19.0 Å². The number of hydrogen-bond donors (Lipinski definition) is 1. The molecule has 12 heavy (non-hydrogen) atoms. The van der Waals surface area contributed by atoms with Crippen LogP contribution in [0.25, 0.3) is 0 Å². The first kappa shape index (κ1) is 8.93. The summed E-state index contributed by atoms with van der Waals surface area (Å²) in [4.78, 5) is 10.2. The van der Waals surface area contributed by atoms with Crippen LogP contribution < -0.4 is 10.6 Å². The first-order valence-electron chi connectivity index (χ1n) is 3.87. The van der Waals surface area contributed by atoms with E-state index in [2.05, 4.69) is 9.97 Å². The Balaban J connectivity index is 2.96. The van der Waals surface area contributed by atoms with Crippen molar-refractivity contribution in [2.24, 2.45) is 5.73 Å². The summed E-state index contributed by atoms with van der Waals surface area (Å²) < 4.78 is 0. The number of anilines is 1. The van der Waals surface area contributed by atoms with E-state index in [1.807, 2.05) is 32.0 Å². The first-order valence-corrected chi connectivity index (χ1v) is 3.87. The molecule has 0 amide bonds. The highest BCUT2D eigenvalue weighted by Gasteiger charge is 2.03. The van der Waals surface area contributed by atoms with Gasteiger partial charge in [0.05, 0.1) is 5.69 Å². The summed E-state index contributed by atoms with van der Waals surface area (Å²) in [7, 11) is 3.81. The molecule has 0 aliphatic carbocycles. The Hall–Kier alpha value is -1.16. The van der Waals surface area contributed by atoms with E-state index in [0.29, 0.717) is 5.95 Å². The molecular formula is C8H14N4. The van der Waals surface area contributed by atoms with Gasteiger partial charge in [-0.2, -0.15) is 0 Å². The van der Waals surface area contributed by atoms with Crippen LogP contribution in [0, 0.1) is 0 Å². The molecule has 66 valence electrons. The van der Waals surface area contributed by atoms with E-state index < -0.39 is 0 Å². The van der Waals surface area contributed by atoms with Gasteiger partial charge < -0.3 is 10.6 Å². The van der Waals surface area contributed by atoms with Crippen LogP contribution in [0.15, 0.2) is 12.3 Å². The number of nitrogens with zero attached hydrogens (tertiary/aromatic N) is 3. The van der Waals surface area contributed by atoms with E-state index in [1.165, 1.54) is 0 Å². The highest BCUT2D eigenvalue weighted by atomic mass is 15.2. The smallest absolute Gasteiger partial charge is 0.225 e. The third kappa shape index (κ3) is 1.92. The number of rotatable bonds is 2. The molecular weight excluding hydrogens is 152 g/mol. The Kier molecular flexibility index (Phi) is 2.60. The minimum absolute atomic E-state index is 0.0355. The summed E-state index contributed by atoms with van der Waals surface area (Å²) in [5, 5.41) is 0. The average Bonchev–Trinajstić information content (AvgIpc) is 2.04. The van der Waals surface area contributed by atoms with Crippen LogP contribution in [-0.4, -0.2) is 24.1 Å². The summed E-state index contributed by atoms with van der Waals surface area (Å²) in [5.41, 5.74) is 6.54. The van der Waals surface area contributed by atoms with Crippen molar-refractivity contribution in [2.45, 2.75) is 13.0 Å². The Morgan fingerprint density at radius 2 is 2.17 bits per heavy atom. The van der Waals surface area contributed by atoms with Crippen molar-refractivity contribution < 1.29 is 0 Å². The van der Waals surface area contributed by atoms with Crippen LogP contribution in [-0.2, 0) is 0 Å². The molecule has 4 nitrogen and oxygen atoms in total. The summed E-state index contributed by atoms with van der Waals surface area (Å²) in [5.74, 6) is 0.699. The molecule has 0 saturated heterocycles. The van der Waals surface area contributed by atoms with Crippen LogP contribution in [0.1, 0.15) is 18.7 Å². The molecule has 4 heteroatoms. The van der Waals surface area contributed by atoms with Gasteiger partial charge in [0.2, 0.25) is 5.95 Å². The lowest BCUT2D eigenvalue weighted by Gasteiger charge is -2.11. The van der Waals surface area contributed by atoms with Gasteiger partial charge in [0.15, 0.2) is 0 Å². The molecule has 0 aliphatic rings. The third-order valence-corrected chi connectivity index (χ3v) is 1.53. The van der Waals surface area contributed by atoms with Gasteiger partial charge in [-0.1, -0.05) is 0 Å². The number of nitrogens with two attached hydrogens (primary N) is 1. The quantitative estimate of drug-likeness (QED) is 0.697. The van der Waals surface area contributed by atoms with Gasteiger partial charge in [-0.15, -0.1) is 0 Å². The maximum atomic E-state index is 5.67. The minimum atomic E-state index is -0.0355. The predicted octanol–water partition coefficient (Wildman–Crippen LogP) is 0.562. The summed E-state index contributed by atoms with van der Waals surface area (Å²) in [6.07, 6.45) is 1.72. The molecule has 0 aliphatic heterocycles. The fourth-order valence-electron chi connectivity index (χ4n) is 0.831. The Bertz CT molecular complexity index is 234. The lowest BCUT2D eigenvalue weighted by Crippen LogP contribution is -2.15. The molecule has 1 unspecified atom stereocenters. The summed E-state index contributed by atoms with van der Waals surface area (Å²) >= 11 is 0. The molecule has 0 bridgehead atoms. The van der Waals surface area contributed by atoms with Crippen LogP contribution in [0.5, 0.6) is 0 Å². The van der Waals surface area contributed by atoms with Gasteiger partial charge in [0, 0.05) is 26.3 Å². The van der Waals surface area contributed by atoms with Crippen molar-refractivity contribution in [3.63, 3.8) is 0 Å². The van der Waals surface area contributed by atoms with Crippen LogP contribution in [0.4, 0.5) is 5.95 Å². The van der Waals surface area contributed by atoms with E-state index in [1.54, 1.807) is 6.20 Å². The molecule has 1 aromatic rings. The van der Waals surface area contributed by atoms with Crippen LogP contribution in [0.2, 0.25) is 0 Å². The SMILES string of the molecule is CC(N)c1ccnc(N(C)C)n1. The number of aromatic nitrogens is 2. The average molecular weight is 166 g/mol. The third-order valence-electron chi connectivity index (χ3n) is 1.53. The van der Waals surface area contributed by atoms with E-state index in [-0.39, 0.29) is 6.04 Å². The van der Waals surface area contributed by atoms with Gasteiger partial charge in [0.1, 0.15) is 0 Å². The van der Waals surface area contributed by atoms with Crippen molar-refractivity contribution in [1.29, 1.82) is 0 Å². The van der Waals surface area contributed by atoms with Crippen LogP contribution >= 0.6 is 0 Å². The van der Waals surface area contributed by atoms with Gasteiger partial charge in [-0.3, -0.25) is 0 Å². The zero-order valence-electron chi connectivity index (χ0n) is 7.65. The fraction of sp³-hybridized carbons (Fsp3) is 0.500. The second-order valence-electron chi connectivity index (χ2n) is 2.96. The zero-order valence-corrected chi connectivity index (χ0v) is 7.65. The second-order valence-corrected chi connectivity index (χ2v) is 2.96. The molecule has 0 radical (unpaired) electrons. The molecule has 2 N–H and O–H groups in total. The summed E-state index contributed by atoms with van der Waals surface area (Å²) in [6, 6.07) is 1.80. The van der Waals surface area contributed by atoms with Crippen LogP contribution in [0.3, 0.4) is 0 Å². The van der Waals surface area contributed by atoms with Crippen molar-refractivity contribution in [3.8, 4) is 0 Å². The van der Waals surface area contributed by atoms with E-state index in [0.717, 1.165) is 5.69 Å². The highest BCUT2D eigenvalue weighted by molar-refractivity contribution is 5.27. The standard InChI is InChI=1S/C8H14N4/c1-6(9)7-4-5-10-8(11-7)12(2)3/h4-6H,9H2,1-3H3. The number of hydrogen-bond acceptors (Lipinski definition) is 4. The second kappa shape index (κ2) is 3.49. The largest absolute Gasteiger partial charge is 0.347 e. The molecule has 0 saturated carbocycles. The maximum Gasteiger partial charge on any atom is 0.225 e. The lowest BCUT2D eigenvalue weighted by atomic mass is 10.2. The molecule has 0 spiro atoms.